The number of fused-ring (bicyclic) bond motifs is 1. The molecule has 0 fully saturated rings. The van der Waals surface area contributed by atoms with Gasteiger partial charge in [-0.2, -0.15) is 0 Å². The van der Waals surface area contributed by atoms with Crippen molar-refractivity contribution >= 4 is 22.6 Å². The molecule has 1 aromatic carbocycles. The second-order valence-electron chi connectivity index (χ2n) is 5.34. The molecule has 0 unspecified atom stereocenters. The van der Waals surface area contributed by atoms with Gasteiger partial charge >= 0.3 is 0 Å². The highest BCUT2D eigenvalue weighted by Gasteiger charge is 2.10. The third kappa shape index (κ3) is 3.47. The van der Waals surface area contributed by atoms with E-state index in [0.717, 1.165) is 35.7 Å². The van der Waals surface area contributed by atoms with E-state index in [-0.39, 0.29) is 5.82 Å². The van der Waals surface area contributed by atoms with Gasteiger partial charge in [0.05, 0.1) is 16.9 Å². The molecule has 2 aromatic rings. The highest BCUT2D eigenvalue weighted by atomic mass is 35.5. The summed E-state index contributed by atoms with van der Waals surface area (Å²) in [4.78, 5) is 4.45. The summed E-state index contributed by atoms with van der Waals surface area (Å²) in [5.41, 5.74) is 1.67. The molecular formula is C15H20ClFN2. The number of aryl methyl sites for hydroxylation is 1. The predicted octanol–water partition coefficient (Wildman–Crippen LogP) is 4.74. The minimum absolute atomic E-state index is 0.225. The Balaban J connectivity index is 2.17. The van der Waals surface area contributed by atoms with E-state index in [4.69, 9.17) is 11.6 Å². The van der Waals surface area contributed by atoms with E-state index in [1.54, 1.807) is 12.1 Å². The van der Waals surface area contributed by atoms with Gasteiger partial charge in [-0.3, -0.25) is 0 Å². The van der Waals surface area contributed by atoms with E-state index < -0.39 is 0 Å². The number of hydrogen-bond acceptors (Lipinski definition) is 1. The Morgan fingerprint density at radius 3 is 2.79 bits per heavy atom. The third-order valence-corrected chi connectivity index (χ3v) is 3.56. The van der Waals surface area contributed by atoms with E-state index >= 15 is 0 Å². The van der Waals surface area contributed by atoms with Crippen LogP contribution in [0.3, 0.4) is 0 Å². The van der Waals surface area contributed by atoms with Crippen LogP contribution in [0, 0.1) is 11.7 Å². The summed E-state index contributed by atoms with van der Waals surface area (Å²) in [5.74, 6) is 1.69. The molecule has 19 heavy (non-hydrogen) atoms. The second-order valence-corrected chi connectivity index (χ2v) is 5.60. The van der Waals surface area contributed by atoms with Crippen molar-refractivity contribution in [2.24, 2.45) is 5.92 Å². The zero-order chi connectivity index (χ0) is 13.8. The molecule has 1 heterocycles. The first-order chi connectivity index (χ1) is 9.11. The zero-order valence-corrected chi connectivity index (χ0v) is 12.3. The van der Waals surface area contributed by atoms with E-state index in [1.807, 2.05) is 4.57 Å². The average Bonchev–Trinajstić information content (AvgIpc) is 2.72. The minimum atomic E-state index is -0.225. The van der Waals surface area contributed by atoms with Gasteiger partial charge in [-0.05, 0) is 30.5 Å². The molecule has 4 heteroatoms. The SMILES string of the molecule is CC(C)CCCCn1c(CCl)nc2ccc(F)cc21. The van der Waals surface area contributed by atoms with Gasteiger partial charge in [-0.25, -0.2) is 9.37 Å². The van der Waals surface area contributed by atoms with Crippen LogP contribution in [0.4, 0.5) is 4.39 Å². The first-order valence-electron chi connectivity index (χ1n) is 6.82. The quantitative estimate of drug-likeness (QED) is 0.553. The van der Waals surface area contributed by atoms with Crippen LogP contribution in [0.15, 0.2) is 18.2 Å². The lowest BCUT2D eigenvalue weighted by Crippen LogP contribution is -2.03. The van der Waals surface area contributed by atoms with Crippen LogP contribution >= 0.6 is 11.6 Å². The van der Waals surface area contributed by atoms with Gasteiger partial charge in [0.15, 0.2) is 0 Å². The molecule has 0 aliphatic heterocycles. The number of alkyl halides is 1. The molecule has 1 aromatic heterocycles. The molecule has 0 bridgehead atoms. The van der Waals surface area contributed by atoms with Crippen LogP contribution in [0.2, 0.25) is 0 Å². The molecule has 0 saturated heterocycles. The number of imidazole rings is 1. The molecule has 2 nitrogen and oxygen atoms in total. The van der Waals surface area contributed by atoms with Crippen LogP contribution in [0.5, 0.6) is 0 Å². The molecule has 0 spiro atoms. The molecule has 104 valence electrons. The van der Waals surface area contributed by atoms with Crippen molar-refractivity contribution < 1.29 is 4.39 Å². The van der Waals surface area contributed by atoms with Crippen LogP contribution in [-0.2, 0) is 12.4 Å². The standard InChI is InChI=1S/C15H20ClFN2/c1-11(2)5-3-4-8-19-14-9-12(17)6-7-13(14)18-15(19)10-16/h6-7,9,11H,3-5,8,10H2,1-2H3. The lowest BCUT2D eigenvalue weighted by Gasteiger charge is -2.08. The van der Waals surface area contributed by atoms with Crippen molar-refractivity contribution in [2.75, 3.05) is 0 Å². The third-order valence-electron chi connectivity index (χ3n) is 3.32. The average molecular weight is 283 g/mol. The predicted molar refractivity (Wildman–Crippen MR) is 77.9 cm³/mol. The smallest absolute Gasteiger partial charge is 0.125 e. The Hall–Kier alpha value is -1.09. The Morgan fingerprint density at radius 1 is 1.32 bits per heavy atom. The van der Waals surface area contributed by atoms with Gasteiger partial charge in [-0.1, -0.05) is 26.7 Å². The molecule has 0 N–H and O–H groups in total. The van der Waals surface area contributed by atoms with Crippen molar-refractivity contribution in [1.29, 1.82) is 0 Å². The number of hydrogen-bond donors (Lipinski definition) is 0. The summed E-state index contributed by atoms with van der Waals surface area (Å²) < 4.78 is 15.4. The summed E-state index contributed by atoms with van der Waals surface area (Å²) in [6.45, 7) is 5.31. The number of unbranched alkanes of at least 4 members (excludes halogenated alkanes) is 1. The maximum absolute atomic E-state index is 13.3. The fraction of sp³-hybridized carbons (Fsp3) is 0.533. The maximum Gasteiger partial charge on any atom is 0.125 e. The van der Waals surface area contributed by atoms with Crippen molar-refractivity contribution in [2.45, 2.75) is 45.5 Å². The van der Waals surface area contributed by atoms with Gasteiger partial charge in [0.25, 0.3) is 0 Å². The number of benzene rings is 1. The van der Waals surface area contributed by atoms with Crippen molar-refractivity contribution in [1.82, 2.24) is 9.55 Å². The zero-order valence-electron chi connectivity index (χ0n) is 11.5. The Kier molecular flexibility index (Phi) is 4.81. The molecule has 0 atom stereocenters. The topological polar surface area (TPSA) is 17.8 Å². The number of halogens is 2. The van der Waals surface area contributed by atoms with Crippen LogP contribution in [-0.4, -0.2) is 9.55 Å². The van der Waals surface area contributed by atoms with Gasteiger partial charge in [0.2, 0.25) is 0 Å². The first-order valence-corrected chi connectivity index (χ1v) is 7.36. The monoisotopic (exact) mass is 282 g/mol. The Bertz CT molecular complexity index is 548. The lowest BCUT2D eigenvalue weighted by atomic mass is 10.1. The summed E-state index contributed by atoms with van der Waals surface area (Å²) in [7, 11) is 0. The van der Waals surface area contributed by atoms with Crippen molar-refractivity contribution in [3.05, 3.63) is 29.8 Å². The van der Waals surface area contributed by atoms with Gasteiger partial charge in [0.1, 0.15) is 11.6 Å². The minimum Gasteiger partial charge on any atom is -0.327 e. The first kappa shape index (κ1) is 14.3. The normalized spacial score (nSPS) is 11.6. The maximum atomic E-state index is 13.3. The molecule has 0 aliphatic rings. The fourth-order valence-corrected chi connectivity index (χ4v) is 2.52. The van der Waals surface area contributed by atoms with E-state index in [0.29, 0.717) is 5.88 Å². The van der Waals surface area contributed by atoms with Gasteiger partial charge in [0, 0.05) is 6.54 Å². The summed E-state index contributed by atoms with van der Waals surface area (Å²) in [6, 6.07) is 4.70. The summed E-state index contributed by atoms with van der Waals surface area (Å²) in [6.07, 6.45) is 3.47. The molecule has 0 radical (unpaired) electrons. The van der Waals surface area contributed by atoms with E-state index in [2.05, 4.69) is 18.8 Å². The number of rotatable bonds is 6. The summed E-state index contributed by atoms with van der Waals surface area (Å²) >= 11 is 5.93. The van der Waals surface area contributed by atoms with E-state index in [9.17, 15) is 4.39 Å². The van der Waals surface area contributed by atoms with Crippen LogP contribution in [0.1, 0.15) is 38.9 Å². The largest absolute Gasteiger partial charge is 0.327 e. The van der Waals surface area contributed by atoms with Crippen molar-refractivity contribution in [3.8, 4) is 0 Å². The van der Waals surface area contributed by atoms with Crippen LogP contribution in [0.25, 0.3) is 11.0 Å². The number of aromatic nitrogens is 2. The molecule has 0 aliphatic carbocycles. The molecule has 0 amide bonds. The molecular weight excluding hydrogens is 263 g/mol. The van der Waals surface area contributed by atoms with Crippen LogP contribution < -0.4 is 0 Å². The van der Waals surface area contributed by atoms with E-state index in [1.165, 1.54) is 18.9 Å². The molecule has 0 saturated carbocycles. The Labute approximate surface area is 118 Å². The van der Waals surface area contributed by atoms with Crippen molar-refractivity contribution in [3.63, 3.8) is 0 Å². The number of nitrogens with zero attached hydrogens (tertiary/aromatic N) is 2. The van der Waals surface area contributed by atoms with Gasteiger partial charge in [-0.15, -0.1) is 11.6 Å². The highest BCUT2D eigenvalue weighted by molar-refractivity contribution is 6.16. The second kappa shape index (κ2) is 6.38. The fourth-order valence-electron chi connectivity index (χ4n) is 2.32. The van der Waals surface area contributed by atoms with Gasteiger partial charge < -0.3 is 4.57 Å². The molecule has 2 rings (SSSR count). The Morgan fingerprint density at radius 2 is 2.11 bits per heavy atom. The summed E-state index contributed by atoms with van der Waals surface area (Å²) in [5, 5.41) is 0. The highest BCUT2D eigenvalue weighted by Crippen LogP contribution is 2.20. The lowest BCUT2D eigenvalue weighted by molar-refractivity contribution is 0.509.